The van der Waals surface area contributed by atoms with E-state index in [2.05, 4.69) is 55.3 Å². The van der Waals surface area contributed by atoms with Crippen molar-refractivity contribution < 1.29 is 4.79 Å². The summed E-state index contributed by atoms with van der Waals surface area (Å²) in [5, 5.41) is 7.40. The first kappa shape index (κ1) is 17.2. The number of amides is 1. The van der Waals surface area contributed by atoms with Gasteiger partial charge in [-0.25, -0.2) is 4.98 Å². The Labute approximate surface area is 154 Å². The van der Waals surface area contributed by atoms with E-state index in [0.717, 1.165) is 63.5 Å². The smallest absolute Gasteiger partial charge is 0.225 e. The van der Waals surface area contributed by atoms with E-state index in [4.69, 9.17) is 0 Å². The molecule has 0 spiro atoms. The van der Waals surface area contributed by atoms with Crippen LogP contribution >= 0.6 is 0 Å². The van der Waals surface area contributed by atoms with E-state index in [1.807, 2.05) is 6.92 Å². The normalized spacial score (nSPS) is 21.6. The largest absolute Gasteiger partial charge is 0.341 e. The molecule has 0 radical (unpaired) electrons. The van der Waals surface area contributed by atoms with Gasteiger partial charge in [-0.3, -0.25) is 14.8 Å². The topological polar surface area (TPSA) is 65.1 Å². The van der Waals surface area contributed by atoms with Gasteiger partial charge in [0.05, 0.1) is 6.04 Å². The summed E-state index contributed by atoms with van der Waals surface area (Å²) in [6.07, 6.45) is 4.02. The molecular formula is C20H27N5O. The number of hydrogen-bond donors (Lipinski definition) is 1. The fraction of sp³-hybridized carbons (Fsp3) is 0.550. The zero-order valence-electron chi connectivity index (χ0n) is 15.4. The highest BCUT2D eigenvalue weighted by molar-refractivity contribution is 5.81. The number of nitrogens with one attached hydrogen (secondary N) is 1. The van der Waals surface area contributed by atoms with Gasteiger partial charge in [0.1, 0.15) is 5.82 Å². The van der Waals surface area contributed by atoms with Crippen molar-refractivity contribution in [2.45, 2.75) is 38.6 Å². The molecule has 1 amide bonds. The minimum atomic E-state index is 0.167. The first-order chi connectivity index (χ1) is 12.7. The van der Waals surface area contributed by atoms with Gasteiger partial charge in [0.25, 0.3) is 0 Å². The molecule has 2 heterocycles. The Morgan fingerprint density at radius 1 is 1.15 bits per heavy atom. The Bertz CT molecular complexity index is 740. The molecular weight excluding hydrogens is 326 g/mol. The molecule has 1 aliphatic heterocycles. The first-order valence-electron chi connectivity index (χ1n) is 9.66. The summed E-state index contributed by atoms with van der Waals surface area (Å²) in [5.41, 5.74) is 1.34. The third kappa shape index (κ3) is 3.96. The monoisotopic (exact) mass is 353 g/mol. The molecule has 4 rings (SSSR count). The van der Waals surface area contributed by atoms with Gasteiger partial charge in [0.15, 0.2) is 5.82 Å². The summed E-state index contributed by atoms with van der Waals surface area (Å²) in [6.45, 7) is 5.38. The lowest BCUT2D eigenvalue weighted by atomic mass is 10.1. The summed E-state index contributed by atoms with van der Waals surface area (Å²) in [4.78, 5) is 21.6. The van der Waals surface area contributed by atoms with Crippen LogP contribution in [0, 0.1) is 12.8 Å². The molecule has 1 aromatic heterocycles. The first-order valence-corrected chi connectivity index (χ1v) is 9.66. The number of aromatic amines is 1. The van der Waals surface area contributed by atoms with Crippen LogP contribution in [0.3, 0.4) is 0 Å². The van der Waals surface area contributed by atoms with Crippen LogP contribution in [0.25, 0.3) is 0 Å². The van der Waals surface area contributed by atoms with Crippen molar-refractivity contribution in [3.05, 3.63) is 47.5 Å². The zero-order valence-corrected chi connectivity index (χ0v) is 15.4. The van der Waals surface area contributed by atoms with Crippen LogP contribution in [0.1, 0.15) is 42.5 Å². The molecule has 1 saturated carbocycles. The Morgan fingerprint density at radius 3 is 2.65 bits per heavy atom. The molecule has 138 valence electrons. The van der Waals surface area contributed by atoms with E-state index < -0.39 is 0 Å². The van der Waals surface area contributed by atoms with E-state index in [-0.39, 0.29) is 12.0 Å². The van der Waals surface area contributed by atoms with Crippen molar-refractivity contribution >= 4 is 5.91 Å². The van der Waals surface area contributed by atoms with E-state index in [9.17, 15) is 4.79 Å². The lowest BCUT2D eigenvalue weighted by Gasteiger charge is -2.27. The molecule has 1 atom stereocenters. The molecule has 1 unspecified atom stereocenters. The fourth-order valence-electron chi connectivity index (χ4n) is 3.77. The Balaban J connectivity index is 1.48. The number of rotatable bonds is 5. The predicted molar refractivity (Wildman–Crippen MR) is 99.5 cm³/mol. The maximum atomic E-state index is 12.5. The average molecular weight is 353 g/mol. The number of benzene rings is 1. The van der Waals surface area contributed by atoms with E-state index in [1.165, 1.54) is 5.56 Å². The Kier molecular flexibility index (Phi) is 5.02. The SMILES string of the molecule is Cc1nc(C2CCN(C(=O)C3CC3)CCN2CCc2ccccc2)n[nH]1. The number of carbonyl (C=O) groups is 1. The second kappa shape index (κ2) is 7.58. The lowest BCUT2D eigenvalue weighted by molar-refractivity contribution is -0.132. The minimum Gasteiger partial charge on any atom is -0.341 e. The number of nitrogens with zero attached hydrogens (tertiary/aromatic N) is 4. The molecule has 1 aromatic carbocycles. The van der Waals surface area contributed by atoms with Gasteiger partial charge in [-0.15, -0.1) is 0 Å². The lowest BCUT2D eigenvalue weighted by Crippen LogP contribution is -2.37. The van der Waals surface area contributed by atoms with Crippen LogP contribution in [0.2, 0.25) is 0 Å². The number of hydrogen-bond acceptors (Lipinski definition) is 4. The third-order valence-electron chi connectivity index (χ3n) is 5.45. The number of carbonyl (C=O) groups excluding carboxylic acids is 1. The summed E-state index contributed by atoms with van der Waals surface area (Å²) >= 11 is 0. The standard InChI is InChI=1S/C20H27N5O/c1-15-21-19(23-22-15)18-10-12-25(20(26)17-7-8-17)14-13-24(18)11-9-16-5-3-2-4-6-16/h2-6,17-18H,7-14H2,1H3,(H,21,22,23). The highest BCUT2D eigenvalue weighted by Gasteiger charge is 2.36. The van der Waals surface area contributed by atoms with Gasteiger partial charge in [-0.05, 0) is 38.2 Å². The molecule has 1 N–H and O–H groups in total. The van der Waals surface area contributed by atoms with Gasteiger partial charge in [-0.1, -0.05) is 30.3 Å². The average Bonchev–Trinajstić information content (AvgIpc) is 3.45. The molecule has 26 heavy (non-hydrogen) atoms. The maximum absolute atomic E-state index is 12.5. The van der Waals surface area contributed by atoms with Gasteiger partial charge in [0, 0.05) is 32.1 Å². The molecule has 1 saturated heterocycles. The maximum Gasteiger partial charge on any atom is 0.225 e. The van der Waals surface area contributed by atoms with Crippen molar-refractivity contribution in [3.63, 3.8) is 0 Å². The molecule has 2 fully saturated rings. The summed E-state index contributed by atoms with van der Waals surface area (Å²) in [5.74, 6) is 2.34. The highest BCUT2D eigenvalue weighted by atomic mass is 16.2. The van der Waals surface area contributed by atoms with Crippen molar-refractivity contribution in [1.29, 1.82) is 0 Å². The van der Waals surface area contributed by atoms with Crippen LogP contribution in [-0.2, 0) is 11.2 Å². The van der Waals surface area contributed by atoms with Crippen molar-refractivity contribution in [2.75, 3.05) is 26.2 Å². The van der Waals surface area contributed by atoms with Crippen LogP contribution < -0.4 is 0 Å². The van der Waals surface area contributed by atoms with Crippen LogP contribution in [0.4, 0.5) is 0 Å². The van der Waals surface area contributed by atoms with Crippen molar-refractivity contribution in [1.82, 2.24) is 25.0 Å². The quantitative estimate of drug-likeness (QED) is 0.896. The third-order valence-corrected chi connectivity index (χ3v) is 5.45. The van der Waals surface area contributed by atoms with E-state index in [0.29, 0.717) is 5.91 Å². The predicted octanol–water partition coefficient (Wildman–Crippen LogP) is 2.34. The van der Waals surface area contributed by atoms with Gasteiger partial charge >= 0.3 is 0 Å². The van der Waals surface area contributed by atoms with Crippen molar-refractivity contribution in [3.8, 4) is 0 Å². The Hall–Kier alpha value is -2.21. The Morgan fingerprint density at radius 2 is 1.96 bits per heavy atom. The highest BCUT2D eigenvalue weighted by Crippen LogP contribution is 2.32. The van der Waals surface area contributed by atoms with Crippen LogP contribution in [-0.4, -0.2) is 57.1 Å². The second-order valence-electron chi connectivity index (χ2n) is 7.45. The van der Waals surface area contributed by atoms with Crippen LogP contribution in [0.5, 0.6) is 0 Å². The van der Waals surface area contributed by atoms with Gasteiger partial charge in [0.2, 0.25) is 5.91 Å². The molecule has 2 aliphatic rings. The number of H-pyrrole nitrogens is 1. The van der Waals surface area contributed by atoms with Crippen molar-refractivity contribution in [2.24, 2.45) is 5.92 Å². The summed E-state index contributed by atoms with van der Waals surface area (Å²) in [6, 6.07) is 10.7. The zero-order chi connectivity index (χ0) is 17.9. The molecule has 6 nitrogen and oxygen atoms in total. The molecule has 1 aliphatic carbocycles. The van der Waals surface area contributed by atoms with Gasteiger partial charge in [-0.2, -0.15) is 5.10 Å². The van der Waals surface area contributed by atoms with E-state index >= 15 is 0 Å². The fourth-order valence-corrected chi connectivity index (χ4v) is 3.77. The number of aromatic nitrogens is 3. The molecule has 0 bridgehead atoms. The minimum absolute atomic E-state index is 0.167. The summed E-state index contributed by atoms with van der Waals surface area (Å²) < 4.78 is 0. The number of aryl methyl sites for hydroxylation is 1. The van der Waals surface area contributed by atoms with Crippen LogP contribution in [0.15, 0.2) is 30.3 Å². The molecule has 2 aromatic rings. The second-order valence-corrected chi connectivity index (χ2v) is 7.45. The van der Waals surface area contributed by atoms with Gasteiger partial charge < -0.3 is 4.90 Å². The molecule has 6 heteroatoms. The van der Waals surface area contributed by atoms with E-state index in [1.54, 1.807) is 0 Å². The summed E-state index contributed by atoms with van der Waals surface area (Å²) in [7, 11) is 0.